The van der Waals surface area contributed by atoms with Crippen LogP contribution in [0, 0.1) is 13.8 Å². The number of Topliss-reactive ketones (excluding diaryl/α,β-unsaturated/α-hetero) is 2. The Morgan fingerprint density at radius 3 is 2.50 bits per heavy atom. The maximum absolute atomic E-state index is 12.2. The van der Waals surface area contributed by atoms with Gasteiger partial charge in [-0.2, -0.15) is 5.10 Å². The second-order valence-corrected chi connectivity index (χ2v) is 5.08. The third kappa shape index (κ3) is 2.98. The van der Waals surface area contributed by atoms with Crippen LogP contribution >= 0.6 is 0 Å². The first-order chi connectivity index (χ1) is 10.3. The van der Waals surface area contributed by atoms with Crippen molar-refractivity contribution in [2.75, 3.05) is 6.61 Å². The quantitative estimate of drug-likeness (QED) is 0.669. The van der Waals surface area contributed by atoms with Gasteiger partial charge in [-0.25, -0.2) is 4.79 Å². The number of esters is 1. The molecule has 2 heterocycles. The Bertz CT molecular complexity index is 755. The zero-order valence-corrected chi connectivity index (χ0v) is 12.9. The van der Waals surface area contributed by atoms with Gasteiger partial charge in [0.2, 0.25) is 5.78 Å². The summed E-state index contributed by atoms with van der Waals surface area (Å²) in [6.45, 7) is 4.46. The van der Waals surface area contributed by atoms with Crippen LogP contribution in [0.1, 0.15) is 49.4 Å². The van der Waals surface area contributed by atoms with E-state index in [0.717, 1.165) is 0 Å². The summed E-state index contributed by atoms with van der Waals surface area (Å²) in [5.74, 6) is -1.11. The van der Waals surface area contributed by atoms with E-state index in [1.807, 2.05) is 0 Å². The van der Waals surface area contributed by atoms with Crippen LogP contribution in [0.2, 0.25) is 0 Å². The summed E-state index contributed by atoms with van der Waals surface area (Å²) in [6.07, 6.45) is 2.87. The van der Waals surface area contributed by atoms with Crippen LogP contribution < -0.4 is 0 Å². The molecule has 116 valence electrons. The van der Waals surface area contributed by atoms with E-state index in [-0.39, 0.29) is 17.1 Å². The standard InChI is InChI=1S/C15H17N3O4/c1-8-13(10(3)19)9(2)17-14(8)12(20)7-22-15(21)11-5-16-18(4)6-11/h5-6,17H,7H2,1-4H3. The van der Waals surface area contributed by atoms with Gasteiger partial charge in [0.05, 0.1) is 17.5 Å². The summed E-state index contributed by atoms with van der Waals surface area (Å²) >= 11 is 0. The van der Waals surface area contributed by atoms with Gasteiger partial charge in [-0.05, 0) is 26.3 Å². The summed E-state index contributed by atoms with van der Waals surface area (Å²) in [7, 11) is 1.68. The number of hydrogen-bond acceptors (Lipinski definition) is 5. The molecule has 0 amide bonds. The van der Waals surface area contributed by atoms with Crippen molar-refractivity contribution in [3.05, 3.63) is 40.5 Å². The van der Waals surface area contributed by atoms with Crippen LogP contribution in [0.5, 0.6) is 0 Å². The number of nitrogens with zero attached hydrogens (tertiary/aromatic N) is 2. The molecule has 0 unspecified atom stereocenters. The first-order valence-electron chi connectivity index (χ1n) is 6.70. The van der Waals surface area contributed by atoms with Crippen molar-refractivity contribution < 1.29 is 19.1 Å². The highest BCUT2D eigenvalue weighted by Crippen LogP contribution is 2.19. The van der Waals surface area contributed by atoms with Crippen LogP contribution in [0.25, 0.3) is 0 Å². The number of hydrogen-bond donors (Lipinski definition) is 1. The van der Waals surface area contributed by atoms with Gasteiger partial charge in [0.25, 0.3) is 0 Å². The maximum Gasteiger partial charge on any atom is 0.341 e. The van der Waals surface area contributed by atoms with Gasteiger partial charge in [0, 0.05) is 24.5 Å². The predicted octanol–water partition coefficient (Wildman–Crippen LogP) is 1.61. The minimum absolute atomic E-state index is 0.113. The summed E-state index contributed by atoms with van der Waals surface area (Å²) in [4.78, 5) is 38.4. The Balaban J connectivity index is 2.09. The zero-order chi connectivity index (χ0) is 16.4. The molecule has 0 aromatic carbocycles. The van der Waals surface area contributed by atoms with Crippen LogP contribution in [0.4, 0.5) is 0 Å². The molecule has 2 rings (SSSR count). The van der Waals surface area contributed by atoms with Gasteiger partial charge in [-0.3, -0.25) is 14.3 Å². The van der Waals surface area contributed by atoms with Crippen LogP contribution in [-0.4, -0.2) is 38.9 Å². The number of nitrogens with one attached hydrogen (secondary N) is 1. The molecule has 22 heavy (non-hydrogen) atoms. The summed E-state index contributed by atoms with van der Waals surface area (Å²) < 4.78 is 6.44. The van der Waals surface area contributed by atoms with Crippen molar-refractivity contribution in [2.45, 2.75) is 20.8 Å². The molecular formula is C15H17N3O4. The van der Waals surface area contributed by atoms with Crippen LogP contribution in [0.15, 0.2) is 12.4 Å². The molecule has 0 aliphatic rings. The minimum atomic E-state index is -0.617. The lowest BCUT2D eigenvalue weighted by Gasteiger charge is -2.03. The Morgan fingerprint density at radius 2 is 2.00 bits per heavy atom. The lowest BCUT2D eigenvalue weighted by molar-refractivity contribution is 0.0473. The van der Waals surface area contributed by atoms with E-state index < -0.39 is 12.6 Å². The van der Waals surface area contributed by atoms with Gasteiger partial charge < -0.3 is 9.72 Å². The monoisotopic (exact) mass is 303 g/mol. The summed E-state index contributed by atoms with van der Waals surface area (Å²) in [5.41, 5.74) is 2.28. The van der Waals surface area contributed by atoms with E-state index in [1.54, 1.807) is 20.9 Å². The SMILES string of the molecule is CC(=O)c1c(C)[nH]c(C(=O)COC(=O)c2cnn(C)c2)c1C. The largest absolute Gasteiger partial charge is 0.454 e. The van der Waals surface area contributed by atoms with Crippen molar-refractivity contribution in [1.29, 1.82) is 0 Å². The number of aromatic nitrogens is 3. The number of ketones is 2. The first kappa shape index (κ1) is 15.7. The number of ether oxygens (including phenoxy) is 1. The van der Waals surface area contributed by atoms with Crippen molar-refractivity contribution in [3.63, 3.8) is 0 Å². The molecule has 0 atom stereocenters. The highest BCUT2D eigenvalue weighted by Gasteiger charge is 2.21. The Hall–Kier alpha value is -2.70. The number of carbonyl (C=O) groups excluding carboxylic acids is 3. The summed E-state index contributed by atoms with van der Waals surface area (Å²) in [6, 6.07) is 0. The second kappa shape index (κ2) is 5.97. The van der Waals surface area contributed by atoms with Gasteiger partial charge in [-0.15, -0.1) is 0 Å². The molecule has 7 heteroatoms. The van der Waals surface area contributed by atoms with E-state index in [9.17, 15) is 14.4 Å². The number of carbonyl (C=O) groups is 3. The van der Waals surface area contributed by atoms with Gasteiger partial charge in [0.15, 0.2) is 12.4 Å². The number of aromatic amines is 1. The van der Waals surface area contributed by atoms with Crippen LogP contribution in [0.3, 0.4) is 0 Å². The fraction of sp³-hybridized carbons (Fsp3) is 0.333. The molecule has 0 aliphatic heterocycles. The van der Waals surface area contributed by atoms with Gasteiger partial charge in [0.1, 0.15) is 0 Å². The molecule has 2 aromatic heterocycles. The second-order valence-electron chi connectivity index (χ2n) is 5.08. The first-order valence-corrected chi connectivity index (χ1v) is 6.70. The maximum atomic E-state index is 12.2. The number of H-pyrrole nitrogens is 1. The molecular weight excluding hydrogens is 286 g/mol. The molecule has 1 N–H and O–H groups in total. The molecule has 2 aromatic rings. The zero-order valence-electron chi connectivity index (χ0n) is 12.9. The third-order valence-electron chi connectivity index (χ3n) is 3.34. The van der Waals surface area contributed by atoms with E-state index in [4.69, 9.17) is 4.74 Å². The molecule has 0 bridgehead atoms. The highest BCUT2D eigenvalue weighted by atomic mass is 16.5. The molecule has 0 radical (unpaired) electrons. The van der Waals surface area contributed by atoms with Gasteiger partial charge in [-0.1, -0.05) is 0 Å². The van der Waals surface area contributed by atoms with Crippen LogP contribution in [-0.2, 0) is 11.8 Å². The molecule has 0 aliphatic carbocycles. The lowest BCUT2D eigenvalue weighted by atomic mass is 10.1. The average Bonchev–Trinajstić information content (AvgIpc) is 2.99. The molecule has 0 saturated heterocycles. The Kier molecular flexibility index (Phi) is 4.25. The molecule has 7 nitrogen and oxygen atoms in total. The Morgan fingerprint density at radius 1 is 1.32 bits per heavy atom. The number of aryl methyl sites for hydroxylation is 2. The molecule has 0 saturated carbocycles. The molecule has 0 fully saturated rings. The topological polar surface area (TPSA) is 94.0 Å². The smallest absolute Gasteiger partial charge is 0.341 e. The lowest BCUT2D eigenvalue weighted by Crippen LogP contribution is -2.15. The highest BCUT2D eigenvalue weighted by molar-refractivity contribution is 6.04. The molecule has 0 spiro atoms. The summed E-state index contributed by atoms with van der Waals surface area (Å²) in [5, 5.41) is 3.86. The van der Waals surface area contributed by atoms with E-state index in [1.165, 1.54) is 24.0 Å². The van der Waals surface area contributed by atoms with Crippen molar-refractivity contribution >= 4 is 17.5 Å². The van der Waals surface area contributed by atoms with Gasteiger partial charge >= 0.3 is 5.97 Å². The van der Waals surface area contributed by atoms with Crippen molar-refractivity contribution in [1.82, 2.24) is 14.8 Å². The fourth-order valence-electron chi connectivity index (χ4n) is 2.37. The number of rotatable bonds is 5. The average molecular weight is 303 g/mol. The van der Waals surface area contributed by atoms with E-state index in [0.29, 0.717) is 22.5 Å². The predicted molar refractivity (Wildman–Crippen MR) is 78.1 cm³/mol. The van der Waals surface area contributed by atoms with E-state index in [2.05, 4.69) is 10.1 Å². The fourth-order valence-corrected chi connectivity index (χ4v) is 2.37. The third-order valence-corrected chi connectivity index (χ3v) is 3.34. The van der Waals surface area contributed by atoms with Crippen molar-refractivity contribution in [2.24, 2.45) is 7.05 Å². The normalized spacial score (nSPS) is 10.5. The Labute approximate surface area is 127 Å². The van der Waals surface area contributed by atoms with Crippen molar-refractivity contribution in [3.8, 4) is 0 Å². The minimum Gasteiger partial charge on any atom is -0.454 e. The van der Waals surface area contributed by atoms with E-state index >= 15 is 0 Å².